The number of hydrogen-bond donors (Lipinski definition) is 2. The third kappa shape index (κ3) is 4.55. The Hall–Kier alpha value is -0.990. The number of aliphatic hydroxyl groups is 1. The molecule has 0 fully saturated rings. The summed E-state index contributed by atoms with van der Waals surface area (Å²) in [6.45, 7) is 0. The lowest BCUT2D eigenvalue weighted by Gasteiger charge is -2.19. The first-order valence-electron chi connectivity index (χ1n) is 4.77. The van der Waals surface area contributed by atoms with Crippen LogP contribution in [0, 0.1) is 17.5 Å². The molecule has 0 radical (unpaired) electrons. The molecule has 1 aromatic rings. The maximum atomic E-state index is 13.1. The molecule has 9 heteroatoms. The van der Waals surface area contributed by atoms with Crippen LogP contribution in [0.2, 0.25) is 0 Å². The van der Waals surface area contributed by atoms with Crippen molar-refractivity contribution < 1.29 is 31.4 Å². The van der Waals surface area contributed by atoms with Crippen molar-refractivity contribution >= 4 is 12.4 Å². The molecule has 0 aromatic heterocycles. The number of aliphatic hydroxyl groups excluding tert-OH is 1. The summed E-state index contributed by atoms with van der Waals surface area (Å²) in [6.07, 6.45) is -7.79. The third-order valence-corrected chi connectivity index (χ3v) is 2.30. The van der Waals surface area contributed by atoms with Crippen molar-refractivity contribution in [3.8, 4) is 0 Å². The molecule has 19 heavy (non-hydrogen) atoms. The molecule has 1 aromatic carbocycles. The summed E-state index contributed by atoms with van der Waals surface area (Å²) >= 11 is 0. The van der Waals surface area contributed by atoms with Gasteiger partial charge in [0, 0.05) is 18.1 Å². The second-order valence-corrected chi connectivity index (χ2v) is 3.69. The minimum absolute atomic E-state index is 0. The smallest absolute Gasteiger partial charge is 0.388 e. The summed E-state index contributed by atoms with van der Waals surface area (Å²) < 4.78 is 74.8. The molecule has 0 saturated carbocycles. The topological polar surface area (TPSA) is 46.2 Å². The number of halogens is 7. The Balaban J connectivity index is 0.00000324. The summed E-state index contributed by atoms with van der Waals surface area (Å²) in [6, 6.07) is -1.94. The SMILES string of the molecule is Cl.N[C@H](C[C@H](O)c1cc(F)c(F)cc1F)C(F)(F)F. The lowest BCUT2D eigenvalue weighted by atomic mass is 10.0. The molecule has 0 heterocycles. The first-order chi connectivity index (χ1) is 8.12. The monoisotopic (exact) mass is 309 g/mol. The lowest BCUT2D eigenvalue weighted by Crippen LogP contribution is -2.38. The minimum atomic E-state index is -4.77. The van der Waals surface area contributed by atoms with E-state index in [1.165, 1.54) is 0 Å². The molecule has 0 spiro atoms. The van der Waals surface area contributed by atoms with Crippen molar-refractivity contribution in [2.75, 3.05) is 0 Å². The molecule has 0 unspecified atom stereocenters. The van der Waals surface area contributed by atoms with Crippen molar-refractivity contribution in [2.24, 2.45) is 5.73 Å². The maximum absolute atomic E-state index is 13.1. The summed E-state index contributed by atoms with van der Waals surface area (Å²) in [5, 5.41) is 9.34. The van der Waals surface area contributed by atoms with Crippen LogP contribution in [-0.2, 0) is 0 Å². The summed E-state index contributed by atoms with van der Waals surface area (Å²) in [5.41, 5.74) is 3.96. The van der Waals surface area contributed by atoms with E-state index < -0.39 is 47.8 Å². The third-order valence-electron chi connectivity index (χ3n) is 2.30. The summed E-state index contributed by atoms with van der Waals surface area (Å²) in [5.74, 6) is -4.30. The van der Waals surface area contributed by atoms with E-state index in [1.54, 1.807) is 0 Å². The molecule has 0 amide bonds. The minimum Gasteiger partial charge on any atom is -0.388 e. The molecule has 0 aliphatic heterocycles. The predicted octanol–water partition coefficient (Wildman–Crippen LogP) is 2.84. The quantitative estimate of drug-likeness (QED) is 0.666. The molecule has 2 atom stereocenters. The zero-order chi connectivity index (χ0) is 14.1. The number of rotatable bonds is 3. The Morgan fingerprint density at radius 1 is 1.05 bits per heavy atom. The van der Waals surface area contributed by atoms with E-state index in [-0.39, 0.29) is 18.5 Å². The normalized spacial score (nSPS) is 14.7. The number of benzene rings is 1. The van der Waals surface area contributed by atoms with Crippen molar-refractivity contribution in [2.45, 2.75) is 24.7 Å². The van der Waals surface area contributed by atoms with Crippen LogP contribution in [0.1, 0.15) is 18.1 Å². The molecular formula is C10H10ClF6NO. The molecule has 0 aliphatic rings. The van der Waals surface area contributed by atoms with Crippen molar-refractivity contribution in [1.29, 1.82) is 0 Å². The zero-order valence-electron chi connectivity index (χ0n) is 9.22. The second kappa shape index (κ2) is 6.44. The van der Waals surface area contributed by atoms with E-state index in [2.05, 4.69) is 0 Å². The van der Waals surface area contributed by atoms with Crippen LogP contribution < -0.4 is 5.73 Å². The predicted molar refractivity (Wildman–Crippen MR) is 57.2 cm³/mol. The van der Waals surface area contributed by atoms with Gasteiger partial charge in [0.1, 0.15) is 11.9 Å². The molecule has 2 nitrogen and oxygen atoms in total. The van der Waals surface area contributed by atoms with E-state index in [4.69, 9.17) is 5.73 Å². The van der Waals surface area contributed by atoms with E-state index in [0.717, 1.165) is 0 Å². The largest absolute Gasteiger partial charge is 0.403 e. The van der Waals surface area contributed by atoms with E-state index in [0.29, 0.717) is 6.07 Å². The molecular weight excluding hydrogens is 300 g/mol. The fraction of sp³-hybridized carbons (Fsp3) is 0.400. The van der Waals surface area contributed by atoms with Gasteiger partial charge < -0.3 is 10.8 Å². The zero-order valence-corrected chi connectivity index (χ0v) is 10.0. The second-order valence-electron chi connectivity index (χ2n) is 3.69. The standard InChI is InChI=1S/C10H9F6NO.ClH/c11-5-2-7(13)6(12)1-4(5)8(18)3-9(17)10(14,15)16;/h1-2,8-9,18H,3,17H2;1H/t8-,9+;/m0./s1. The molecule has 1 rings (SSSR count). The van der Waals surface area contributed by atoms with Gasteiger partial charge >= 0.3 is 6.18 Å². The Morgan fingerprint density at radius 3 is 2.00 bits per heavy atom. The van der Waals surface area contributed by atoms with Gasteiger partial charge in [0.15, 0.2) is 11.6 Å². The van der Waals surface area contributed by atoms with Gasteiger partial charge in [-0.1, -0.05) is 0 Å². The van der Waals surface area contributed by atoms with E-state index in [1.807, 2.05) is 0 Å². The van der Waals surface area contributed by atoms with Crippen LogP contribution in [0.3, 0.4) is 0 Å². The Labute approximate surface area is 110 Å². The Bertz CT molecular complexity index is 439. The van der Waals surface area contributed by atoms with Crippen LogP contribution in [-0.4, -0.2) is 17.3 Å². The average molecular weight is 310 g/mol. The molecule has 0 saturated heterocycles. The van der Waals surface area contributed by atoms with Crippen molar-refractivity contribution in [3.05, 3.63) is 35.1 Å². The van der Waals surface area contributed by atoms with Gasteiger partial charge in [0.05, 0.1) is 6.10 Å². The van der Waals surface area contributed by atoms with Crippen LogP contribution >= 0.6 is 12.4 Å². The van der Waals surface area contributed by atoms with Crippen LogP contribution in [0.5, 0.6) is 0 Å². The highest BCUT2D eigenvalue weighted by Crippen LogP contribution is 2.28. The summed E-state index contributed by atoms with van der Waals surface area (Å²) in [4.78, 5) is 0. The lowest BCUT2D eigenvalue weighted by molar-refractivity contribution is -0.154. The molecule has 3 N–H and O–H groups in total. The molecule has 0 aliphatic carbocycles. The highest BCUT2D eigenvalue weighted by molar-refractivity contribution is 5.85. The highest BCUT2D eigenvalue weighted by Gasteiger charge is 2.38. The van der Waals surface area contributed by atoms with Gasteiger partial charge in [-0.15, -0.1) is 12.4 Å². The molecule has 0 bridgehead atoms. The summed E-state index contributed by atoms with van der Waals surface area (Å²) in [7, 11) is 0. The first kappa shape index (κ1) is 18.0. The fourth-order valence-corrected chi connectivity index (χ4v) is 1.29. The maximum Gasteiger partial charge on any atom is 0.403 e. The van der Waals surface area contributed by atoms with Gasteiger partial charge in [0.25, 0.3) is 0 Å². The van der Waals surface area contributed by atoms with E-state index in [9.17, 15) is 31.4 Å². The van der Waals surface area contributed by atoms with Gasteiger partial charge in [-0.05, 0) is 6.07 Å². The average Bonchev–Trinajstić information content (AvgIpc) is 2.21. The van der Waals surface area contributed by atoms with E-state index >= 15 is 0 Å². The van der Waals surface area contributed by atoms with Crippen LogP contribution in [0.25, 0.3) is 0 Å². The highest BCUT2D eigenvalue weighted by atomic mass is 35.5. The number of nitrogens with two attached hydrogens (primary N) is 1. The number of alkyl halides is 3. The first-order valence-corrected chi connectivity index (χ1v) is 4.77. The van der Waals surface area contributed by atoms with Gasteiger partial charge in [-0.25, -0.2) is 13.2 Å². The van der Waals surface area contributed by atoms with Gasteiger partial charge in [-0.2, -0.15) is 13.2 Å². The van der Waals surface area contributed by atoms with Crippen LogP contribution in [0.15, 0.2) is 12.1 Å². The Morgan fingerprint density at radius 2 is 1.53 bits per heavy atom. The van der Waals surface area contributed by atoms with Gasteiger partial charge in [0.2, 0.25) is 0 Å². The fourth-order valence-electron chi connectivity index (χ4n) is 1.29. The Kier molecular flexibility index (Phi) is 6.11. The number of hydrogen-bond acceptors (Lipinski definition) is 2. The molecule has 110 valence electrons. The van der Waals surface area contributed by atoms with Crippen molar-refractivity contribution in [1.82, 2.24) is 0 Å². The van der Waals surface area contributed by atoms with Crippen LogP contribution in [0.4, 0.5) is 26.3 Å². The van der Waals surface area contributed by atoms with Crippen molar-refractivity contribution in [3.63, 3.8) is 0 Å². The van der Waals surface area contributed by atoms with Gasteiger partial charge in [-0.3, -0.25) is 0 Å².